The zero-order chi connectivity index (χ0) is 13.5. The number of aromatic nitrogens is 2. The smallest absolute Gasteiger partial charge is 0.0645 e. The second kappa shape index (κ2) is 7.10. The van der Waals surface area contributed by atoms with Gasteiger partial charge in [-0.1, -0.05) is 32.0 Å². The van der Waals surface area contributed by atoms with Gasteiger partial charge in [0.15, 0.2) is 0 Å². The standard InChI is InChI=1S/C16H23N3/c1-14(2)11-17-10-6-7-15-12-18-19(13-15)16-8-4-3-5-9-16/h3-5,8-9,12-14,17H,6-7,10-11H2,1-2H3. The number of rotatable bonds is 7. The lowest BCUT2D eigenvalue weighted by molar-refractivity contribution is 0.543. The van der Waals surface area contributed by atoms with Crippen LogP contribution in [0.15, 0.2) is 42.7 Å². The second-order valence-electron chi connectivity index (χ2n) is 5.33. The van der Waals surface area contributed by atoms with Gasteiger partial charge in [0, 0.05) is 6.20 Å². The summed E-state index contributed by atoms with van der Waals surface area (Å²) >= 11 is 0. The molecule has 1 aromatic carbocycles. The molecule has 1 heterocycles. The summed E-state index contributed by atoms with van der Waals surface area (Å²) in [5, 5.41) is 7.88. The molecule has 0 spiro atoms. The molecule has 0 bridgehead atoms. The van der Waals surface area contributed by atoms with Crippen molar-refractivity contribution in [3.8, 4) is 5.69 Å². The zero-order valence-corrected chi connectivity index (χ0v) is 11.8. The Labute approximate surface area is 115 Å². The van der Waals surface area contributed by atoms with Crippen LogP contribution in [0.25, 0.3) is 5.69 Å². The highest BCUT2D eigenvalue weighted by Gasteiger charge is 2.00. The van der Waals surface area contributed by atoms with E-state index in [1.807, 2.05) is 29.1 Å². The van der Waals surface area contributed by atoms with Crippen molar-refractivity contribution in [2.45, 2.75) is 26.7 Å². The van der Waals surface area contributed by atoms with Crippen LogP contribution in [0.2, 0.25) is 0 Å². The van der Waals surface area contributed by atoms with Gasteiger partial charge in [-0.3, -0.25) is 0 Å². The third-order valence-electron chi connectivity index (χ3n) is 3.03. The third kappa shape index (κ3) is 4.52. The maximum absolute atomic E-state index is 4.41. The van der Waals surface area contributed by atoms with E-state index in [0.29, 0.717) is 0 Å². The Bertz CT molecular complexity index is 474. The van der Waals surface area contributed by atoms with E-state index >= 15 is 0 Å². The Morgan fingerprint density at radius 1 is 1.21 bits per heavy atom. The molecule has 0 fully saturated rings. The summed E-state index contributed by atoms with van der Waals surface area (Å²) in [7, 11) is 0. The highest BCUT2D eigenvalue weighted by molar-refractivity contribution is 5.30. The lowest BCUT2D eigenvalue weighted by Crippen LogP contribution is -2.20. The Morgan fingerprint density at radius 3 is 2.74 bits per heavy atom. The zero-order valence-electron chi connectivity index (χ0n) is 11.8. The van der Waals surface area contributed by atoms with Crippen molar-refractivity contribution in [3.05, 3.63) is 48.3 Å². The minimum Gasteiger partial charge on any atom is -0.316 e. The van der Waals surface area contributed by atoms with E-state index in [4.69, 9.17) is 0 Å². The van der Waals surface area contributed by atoms with Gasteiger partial charge >= 0.3 is 0 Å². The Balaban J connectivity index is 1.78. The summed E-state index contributed by atoms with van der Waals surface area (Å²) in [4.78, 5) is 0. The summed E-state index contributed by atoms with van der Waals surface area (Å²) in [6, 6.07) is 10.2. The fourth-order valence-electron chi connectivity index (χ4n) is 2.02. The molecule has 102 valence electrons. The van der Waals surface area contributed by atoms with Crippen molar-refractivity contribution in [3.63, 3.8) is 0 Å². The minimum atomic E-state index is 0.723. The number of hydrogen-bond donors (Lipinski definition) is 1. The number of aryl methyl sites for hydroxylation is 1. The van der Waals surface area contributed by atoms with Gasteiger partial charge in [-0.05, 0) is 49.5 Å². The van der Waals surface area contributed by atoms with Crippen LogP contribution in [-0.4, -0.2) is 22.9 Å². The van der Waals surface area contributed by atoms with Crippen molar-refractivity contribution in [1.29, 1.82) is 0 Å². The Kier molecular flexibility index (Phi) is 5.16. The molecule has 0 radical (unpaired) electrons. The molecule has 0 aliphatic carbocycles. The lowest BCUT2D eigenvalue weighted by atomic mass is 10.2. The monoisotopic (exact) mass is 257 g/mol. The Morgan fingerprint density at radius 2 is 2.00 bits per heavy atom. The topological polar surface area (TPSA) is 29.9 Å². The molecule has 2 rings (SSSR count). The maximum Gasteiger partial charge on any atom is 0.0645 e. The van der Waals surface area contributed by atoms with Crippen LogP contribution in [0.5, 0.6) is 0 Å². The Hall–Kier alpha value is -1.61. The summed E-state index contributed by atoms with van der Waals surface area (Å²) in [5.41, 5.74) is 2.42. The van der Waals surface area contributed by atoms with E-state index in [9.17, 15) is 0 Å². The molecule has 19 heavy (non-hydrogen) atoms. The highest BCUT2D eigenvalue weighted by Crippen LogP contribution is 2.08. The van der Waals surface area contributed by atoms with E-state index < -0.39 is 0 Å². The first-order chi connectivity index (χ1) is 9.25. The van der Waals surface area contributed by atoms with E-state index in [1.54, 1.807) is 0 Å². The molecule has 0 aliphatic rings. The van der Waals surface area contributed by atoms with Crippen molar-refractivity contribution < 1.29 is 0 Å². The predicted molar refractivity (Wildman–Crippen MR) is 79.6 cm³/mol. The van der Waals surface area contributed by atoms with Crippen LogP contribution in [0.4, 0.5) is 0 Å². The fourth-order valence-corrected chi connectivity index (χ4v) is 2.02. The molecule has 0 unspecified atom stereocenters. The molecule has 0 aliphatic heterocycles. The quantitative estimate of drug-likeness (QED) is 0.773. The van der Waals surface area contributed by atoms with Gasteiger partial charge in [0.05, 0.1) is 11.9 Å². The van der Waals surface area contributed by atoms with Gasteiger partial charge in [-0.15, -0.1) is 0 Å². The normalized spacial score (nSPS) is 11.1. The molecular formula is C16H23N3. The van der Waals surface area contributed by atoms with Crippen LogP contribution in [-0.2, 0) is 6.42 Å². The van der Waals surface area contributed by atoms with Crippen LogP contribution in [0.3, 0.4) is 0 Å². The lowest BCUT2D eigenvalue weighted by Gasteiger charge is -2.06. The predicted octanol–water partition coefficient (Wildman–Crippen LogP) is 3.05. The molecule has 0 saturated heterocycles. The number of nitrogens with zero attached hydrogens (tertiary/aromatic N) is 2. The van der Waals surface area contributed by atoms with Crippen molar-refractivity contribution in [2.24, 2.45) is 5.92 Å². The van der Waals surface area contributed by atoms with E-state index in [2.05, 4.69) is 42.6 Å². The molecule has 3 heteroatoms. The average molecular weight is 257 g/mol. The van der Waals surface area contributed by atoms with Crippen molar-refractivity contribution in [2.75, 3.05) is 13.1 Å². The van der Waals surface area contributed by atoms with Gasteiger partial charge in [0.25, 0.3) is 0 Å². The minimum absolute atomic E-state index is 0.723. The first-order valence-corrected chi connectivity index (χ1v) is 7.05. The molecule has 2 aromatic rings. The van der Waals surface area contributed by atoms with Gasteiger partial charge in [-0.2, -0.15) is 5.10 Å². The van der Waals surface area contributed by atoms with E-state index in [0.717, 1.165) is 37.5 Å². The maximum atomic E-state index is 4.41. The van der Waals surface area contributed by atoms with Crippen molar-refractivity contribution in [1.82, 2.24) is 15.1 Å². The van der Waals surface area contributed by atoms with Crippen molar-refractivity contribution >= 4 is 0 Å². The molecule has 1 aromatic heterocycles. The second-order valence-corrected chi connectivity index (χ2v) is 5.33. The molecule has 0 saturated carbocycles. The SMILES string of the molecule is CC(C)CNCCCc1cnn(-c2ccccc2)c1. The van der Waals surface area contributed by atoms with E-state index in [1.165, 1.54) is 5.56 Å². The molecular weight excluding hydrogens is 234 g/mol. The summed E-state index contributed by atoms with van der Waals surface area (Å²) in [6.07, 6.45) is 6.33. The van der Waals surface area contributed by atoms with Crippen LogP contribution in [0.1, 0.15) is 25.8 Å². The van der Waals surface area contributed by atoms with Crippen LogP contribution >= 0.6 is 0 Å². The largest absolute Gasteiger partial charge is 0.316 e. The number of nitrogens with one attached hydrogen (secondary N) is 1. The fraction of sp³-hybridized carbons (Fsp3) is 0.438. The molecule has 3 nitrogen and oxygen atoms in total. The number of benzene rings is 1. The summed E-state index contributed by atoms with van der Waals surface area (Å²) in [6.45, 7) is 6.64. The molecule has 1 N–H and O–H groups in total. The first-order valence-electron chi connectivity index (χ1n) is 7.05. The average Bonchev–Trinajstić information content (AvgIpc) is 2.88. The first kappa shape index (κ1) is 13.8. The molecule has 0 atom stereocenters. The van der Waals surface area contributed by atoms with Crippen LogP contribution < -0.4 is 5.32 Å². The summed E-state index contributed by atoms with van der Waals surface area (Å²) < 4.78 is 1.94. The van der Waals surface area contributed by atoms with Gasteiger partial charge in [-0.25, -0.2) is 4.68 Å². The van der Waals surface area contributed by atoms with Gasteiger partial charge in [0.2, 0.25) is 0 Å². The van der Waals surface area contributed by atoms with Crippen LogP contribution in [0, 0.1) is 5.92 Å². The van der Waals surface area contributed by atoms with E-state index in [-0.39, 0.29) is 0 Å². The molecule has 0 amide bonds. The van der Waals surface area contributed by atoms with Gasteiger partial charge < -0.3 is 5.32 Å². The summed E-state index contributed by atoms with van der Waals surface area (Å²) in [5.74, 6) is 0.723. The third-order valence-corrected chi connectivity index (χ3v) is 3.03. The highest BCUT2D eigenvalue weighted by atomic mass is 15.3. The number of hydrogen-bond acceptors (Lipinski definition) is 2. The number of para-hydroxylation sites is 1. The van der Waals surface area contributed by atoms with Gasteiger partial charge in [0.1, 0.15) is 0 Å².